The van der Waals surface area contributed by atoms with Gasteiger partial charge < -0.3 is 10.1 Å². The molecule has 1 heterocycles. The lowest BCUT2D eigenvalue weighted by Crippen LogP contribution is -1.99. The third-order valence-corrected chi connectivity index (χ3v) is 2.10. The molecule has 0 bridgehead atoms. The van der Waals surface area contributed by atoms with Gasteiger partial charge in [-0.1, -0.05) is 0 Å². The van der Waals surface area contributed by atoms with Gasteiger partial charge in [0.1, 0.15) is 5.52 Å². The molecule has 0 fully saturated rings. The Morgan fingerprint density at radius 2 is 2.40 bits per heavy atom. The molecule has 0 atom stereocenters. The van der Waals surface area contributed by atoms with Gasteiger partial charge in [-0.25, -0.2) is 9.78 Å². The lowest BCUT2D eigenvalue weighted by molar-refractivity contribution is 0.0698. The number of aromatic carboxylic acids is 1. The van der Waals surface area contributed by atoms with Crippen LogP contribution in [0.25, 0.3) is 11.0 Å². The molecule has 0 amide bonds. The summed E-state index contributed by atoms with van der Waals surface area (Å²) in [7, 11) is 0. The van der Waals surface area contributed by atoms with Crippen molar-refractivity contribution in [3.63, 3.8) is 0 Å². The van der Waals surface area contributed by atoms with E-state index in [-0.39, 0.29) is 12.0 Å². The minimum absolute atomic E-state index is 0.124. The Morgan fingerprint density at radius 3 is 3.07 bits per heavy atom. The number of hydrogen-bond acceptors (Lipinski definition) is 3. The molecule has 5 nitrogen and oxygen atoms in total. The monoisotopic (exact) mass is 201 g/mol. The van der Waals surface area contributed by atoms with E-state index in [4.69, 9.17) is 10.4 Å². The van der Waals surface area contributed by atoms with E-state index in [2.05, 4.69) is 9.97 Å². The zero-order valence-electron chi connectivity index (χ0n) is 7.69. The summed E-state index contributed by atoms with van der Waals surface area (Å²) < 4.78 is 0. The highest BCUT2D eigenvalue weighted by molar-refractivity contribution is 6.01. The maximum atomic E-state index is 10.9. The standard InChI is InChI=1S/C10H7N3O2/c11-2-1-6-3-7(10(14)15)9-8(4-6)12-5-13-9/h3-5H,1H2,(H,12,13)(H,14,15). The predicted octanol–water partition coefficient (Wildman–Crippen LogP) is 1.33. The molecule has 0 saturated heterocycles. The Hall–Kier alpha value is -2.35. The number of hydrogen-bond donors (Lipinski definition) is 2. The van der Waals surface area contributed by atoms with E-state index in [9.17, 15) is 4.79 Å². The van der Waals surface area contributed by atoms with Crippen LogP contribution in [0.4, 0.5) is 0 Å². The van der Waals surface area contributed by atoms with Gasteiger partial charge in [0.05, 0.1) is 29.9 Å². The fraction of sp³-hybridized carbons (Fsp3) is 0.100. The van der Waals surface area contributed by atoms with Crippen LogP contribution in [-0.4, -0.2) is 21.0 Å². The first-order chi connectivity index (χ1) is 7.22. The number of carboxylic acid groups (broad SMARTS) is 1. The van der Waals surface area contributed by atoms with Crippen molar-refractivity contribution >= 4 is 17.0 Å². The number of carboxylic acids is 1. The van der Waals surface area contributed by atoms with Crippen molar-refractivity contribution in [3.05, 3.63) is 29.6 Å². The van der Waals surface area contributed by atoms with Gasteiger partial charge in [0.25, 0.3) is 0 Å². The molecular weight excluding hydrogens is 194 g/mol. The van der Waals surface area contributed by atoms with Crippen LogP contribution in [0.15, 0.2) is 18.5 Å². The number of rotatable bonds is 2. The number of aromatic nitrogens is 2. The molecule has 74 valence electrons. The summed E-state index contributed by atoms with van der Waals surface area (Å²) in [6.45, 7) is 0. The topological polar surface area (TPSA) is 89.8 Å². The molecule has 2 N–H and O–H groups in total. The van der Waals surface area contributed by atoms with Gasteiger partial charge in [-0.2, -0.15) is 5.26 Å². The molecule has 0 spiro atoms. The number of nitrogens with zero attached hydrogens (tertiary/aromatic N) is 2. The molecule has 0 aliphatic heterocycles. The van der Waals surface area contributed by atoms with E-state index in [1.807, 2.05) is 6.07 Å². The first-order valence-electron chi connectivity index (χ1n) is 4.28. The van der Waals surface area contributed by atoms with Crippen molar-refractivity contribution in [1.82, 2.24) is 9.97 Å². The van der Waals surface area contributed by atoms with Crippen LogP contribution in [-0.2, 0) is 6.42 Å². The third-order valence-electron chi connectivity index (χ3n) is 2.10. The zero-order chi connectivity index (χ0) is 10.8. The van der Waals surface area contributed by atoms with Crippen LogP contribution in [0.1, 0.15) is 15.9 Å². The molecule has 1 aromatic carbocycles. The maximum Gasteiger partial charge on any atom is 0.337 e. The number of H-pyrrole nitrogens is 1. The molecule has 2 rings (SSSR count). The summed E-state index contributed by atoms with van der Waals surface area (Å²) >= 11 is 0. The van der Waals surface area contributed by atoms with Gasteiger partial charge in [-0.05, 0) is 17.7 Å². The summed E-state index contributed by atoms with van der Waals surface area (Å²) in [5.74, 6) is -1.04. The van der Waals surface area contributed by atoms with Crippen molar-refractivity contribution in [2.24, 2.45) is 0 Å². The fourth-order valence-electron chi connectivity index (χ4n) is 1.47. The second-order valence-electron chi connectivity index (χ2n) is 3.08. The number of aromatic amines is 1. The predicted molar refractivity (Wildman–Crippen MR) is 52.4 cm³/mol. The van der Waals surface area contributed by atoms with Gasteiger partial charge in [0.2, 0.25) is 0 Å². The summed E-state index contributed by atoms with van der Waals surface area (Å²) in [5.41, 5.74) is 1.86. The Bertz CT molecular complexity index is 566. The molecule has 0 aliphatic rings. The van der Waals surface area contributed by atoms with Crippen LogP contribution in [0.2, 0.25) is 0 Å². The fourth-order valence-corrected chi connectivity index (χ4v) is 1.47. The Labute approximate surface area is 85.0 Å². The third kappa shape index (κ3) is 1.53. The van der Waals surface area contributed by atoms with Gasteiger partial charge in [0, 0.05) is 0 Å². The van der Waals surface area contributed by atoms with E-state index >= 15 is 0 Å². The van der Waals surface area contributed by atoms with Gasteiger partial charge in [-0.3, -0.25) is 0 Å². The van der Waals surface area contributed by atoms with Crippen LogP contribution in [0.5, 0.6) is 0 Å². The van der Waals surface area contributed by atoms with Crippen molar-refractivity contribution in [1.29, 1.82) is 5.26 Å². The molecule has 5 heteroatoms. The molecule has 0 saturated carbocycles. The molecule has 2 aromatic rings. The molecule has 15 heavy (non-hydrogen) atoms. The Kier molecular flexibility index (Phi) is 2.10. The average molecular weight is 201 g/mol. The first kappa shape index (κ1) is 9.21. The van der Waals surface area contributed by atoms with Gasteiger partial charge in [0.15, 0.2) is 0 Å². The second kappa shape index (κ2) is 3.42. The maximum absolute atomic E-state index is 10.9. The summed E-state index contributed by atoms with van der Waals surface area (Å²) in [5, 5.41) is 17.5. The summed E-state index contributed by atoms with van der Waals surface area (Å²) in [6.07, 6.45) is 1.63. The summed E-state index contributed by atoms with van der Waals surface area (Å²) in [6, 6.07) is 5.19. The Morgan fingerprint density at radius 1 is 1.60 bits per heavy atom. The zero-order valence-corrected chi connectivity index (χ0v) is 7.69. The van der Waals surface area contributed by atoms with Gasteiger partial charge in [-0.15, -0.1) is 0 Å². The highest BCUT2D eigenvalue weighted by Gasteiger charge is 2.12. The van der Waals surface area contributed by atoms with Crippen molar-refractivity contribution in [3.8, 4) is 6.07 Å². The second-order valence-corrected chi connectivity index (χ2v) is 3.08. The minimum atomic E-state index is -1.04. The largest absolute Gasteiger partial charge is 0.478 e. The SMILES string of the molecule is N#CCc1cc(C(=O)O)c2nc[nH]c2c1. The van der Waals surface area contributed by atoms with E-state index in [0.29, 0.717) is 16.6 Å². The lowest BCUT2D eigenvalue weighted by Gasteiger charge is -1.99. The highest BCUT2D eigenvalue weighted by Crippen LogP contribution is 2.18. The number of carbonyl (C=O) groups is 1. The molecule has 0 radical (unpaired) electrons. The van der Waals surface area contributed by atoms with E-state index in [1.165, 1.54) is 12.4 Å². The number of imidazole rings is 1. The number of nitriles is 1. The van der Waals surface area contributed by atoms with Crippen molar-refractivity contribution in [2.75, 3.05) is 0 Å². The average Bonchev–Trinajstić information content (AvgIpc) is 2.64. The van der Waals surface area contributed by atoms with Crippen molar-refractivity contribution in [2.45, 2.75) is 6.42 Å². The van der Waals surface area contributed by atoms with Crippen LogP contribution < -0.4 is 0 Å². The number of nitrogens with one attached hydrogen (secondary N) is 1. The van der Waals surface area contributed by atoms with Crippen LogP contribution in [0, 0.1) is 11.3 Å². The number of fused-ring (bicyclic) bond motifs is 1. The quantitative estimate of drug-likeness (QED) is 0.766. The van der Waals surface area contributed by atoms with Crippen molar-refractivity contribution < 1.29 is 9.90 Å². The van der Waals surface area contributed by atoms with Gasteiger partial charge >= 0.3 is 5.97 Å². The molecule has 0 unspecified atom stereocenters. The van der Waals surface area contributed by atoms with E-state index < -0.39 is 5.97 Å². The Balaban J connectivity index is 2.70. The van der Waals surface area contributed by atoms with E-state index in [0.717, 1.165) is 0 Å². The minimum Gasteiger partial charge on any atom is -0.478 e. The number of benzene rings is 1. The normalized spacial score (nSPS) is 10.1. The van der Waals surface area contributed by atoms with Crippen LogP contribution in [0.3, 0.4) is 0 Å². The lowest BCUT2D eigenvalue weighted by atomic mass is 10.1. The molecule has 1 aromatic heterocycles. The molecule has 0 aliphatic carbocycles. The van der Waals surface area contributed by atoms with E-state index in [1.54, 1.807) is 6.07 Å². The summed E-state index contributed by atoms with van der Waals surface area (Å²) in [4.78, 5) is 17.7. The molecular formula is C10H7N3O2. The smallest absolute Gasteiger partial charge is 0.337 e. The first-order valence-corrected chi connectivity index (χ1v) is 4.28. The van der Waals surface area contributed by atoms with Crippen LogP contribution >= 0.6 is 0 Å². The highest BCUT2D eigenvalue weighted by atomic mass is 16.4.